The maximum Gasteiger partial charge on any atom is 0.305 e. The van der Waals surface area contributed by atoms with Crippen molar-refractivity contribution in [1.29, 1.82) is 0 Å². The molecule has 0 radical (unpaired) electrons. The van der Waals surface area contributed by atoms with Crippen molar-refractivity contribution < 1.29 is 19.7 Å². The minimum absolute atomic E-state index is 0.0877. The van der Waals surface area contributed by atoms with Crippen molar-refractivity contribution in [3.63, 3.8) is 0 Å². The van der Waals surface area contributed by atoms with Crippen LogP contribution in [-0.2, 0) is 9.53 Å². The van der Waals surface area contributed by atoms with Gasteiger partial charge in [-0.1, -0.05) is 65.9 Å². The summed E-state index contributed by atoms with van der Waals surface area (Å²) in [5.41, 5.74) is 1.27. The average molecular weight is 459 g/mol. The molecule has 4 nitrogen and oxygen atoms in total. The highest BCUT2D eigenvalue weighted by Gasteiger charge is 2.39. The van der Waals surface area contributed by atoms with E-state index in [1.54, 1.807) is 0 Å². The van der Waals surface area contributed by atoms with Crippen LogP contribution in [0.2, 0.25) is 0 Å². The van der Waals surface area contributed by atoms with Crippen molar-refractivity contribution in [1.82, 2.24) is 0 Å². The smallest absolute Gasteiger partial charge is 0.305 e. The molecule has 5 heteroatoms. The van der Waals surface area contributed by atoms with Gasteiger partial charge in [-0.05, 0) is 51.4 Å². The molecule has 0 saturated heterocycles. The van der Waals surface area contributed by atoms with Crippen LogP contribution in [0.3, 0.4) is 0 Å². The van der Waals surface area contributed by atoms with E-state index in [1.807, 2.05) is 12.2 Å². The summed E-state index contributed by atoms with van der Waals surface area (Å²) in [6.07, 6.45) is 12.5. The Balaban J connectivity index is 2.47. The highest BCUT2D eigenvalue weighted by molar-refractivity contribution is 9.09. The molecule has 0 heterocycles. The van der Waals surface area contributed by atoms with E-state index >= 15 is 0 Å². The molecule has 0 aromatic carbocycles. The lowest BCUT2D eigenvalue weighted by atomic mass is 9.88. The largest absolute Gasteiger partial charge is 0.469 e. The van der Waals surface area contributed by atoms with Crippen LogP contribution in [0.25, 0.3) is 0 Å². The Labute approximate surface area is 179 Å². The highest BCUT2D eigenvalue weighted by Crippen LogP contribution is 2.41. The first-order valence-corrected chi connectivity index (χ1v) is 11.6. The molecule has 0 aromatic heterocycles. The Hall–Kier alpha value is -0.650. The molecule has 0 spiro atoms. The summed E-state index contributed by atoms with van der Waals surface area (Å²) < 4.78 is 4.66. The SMILES string of the molecule is COC(=O)CCCCCC[C@@H]1[C@@H](/C=C/[C@@H](O)C(C)CC=C(C)C)[C@H](O)C[C@H]1Br. The van der Waals surface area contributed by atoms with Gasteiger partial charge in [0.2, 0.25) is 0 Å². The predicted molar refractivity (Wildman–Crippen MR) is 118 cm³/mol. The molecule has 0 amide bonds. The number of carbonyl (C=O) groups is 1. The molecule has 1 rings (SSSR count). The fourth-order valence-electron chi connectivity index (χ4n) is 3.83. The third-order valence-electron chi connectivity index (χ3n) is 5.78. The molecule has 6 atom stereocenters. The van der Waals surface area contributed by atoms with Gasteiger partial charge in [-0.15, -0.1) is 0 Å². The van der Waals surface area contributed by atoms with Gasteiger partial charge in [0.25, 0.3) is 0 Å². The normalized spacial score (nSPS) is 27.0. The van der Waals surface area contributed by atoms with E-state index in [0.29, 0.717) is 17.2 Å². The van der Waals surface area contributed by atoms with Crippen LogP contribution in [-0.4, -0.2) is 40.3 Å². The minimum atomic E-state index is -0.490. The monoisotopic (exact) mass is 458 g/mol. The Morgan fingerprint density at radius 3 is 2.57 bits per heavy atom. The fraction of sp³-hybridized carbons (Fsp3) is 0.783. The van der Waals surface area contributed by atoms with Crippen LogP contribution in [0.1, 0.15) is 72.1 Å². The summed E-state index contributed by atoms with van der Waals surface area (Å²) >= 11 is 3.75. The number of rotatable bonds is 12. The van der Waals surface area contributed by atoms with Gasteiger partial charge in [-0.3, -0.25) is 4.79 Å². The summed E-state index contributed by atoms with van der Waals surface area (Å²) in [5, 5.41) is 20.9. The standard InChI is InChI=1S/C23H39BrO4/c1-16(2)11-12-17(3)21(25)14-13-19-18(20(24)15-22(19)26)9-7-5-6-8-10-23(27)28-4/h11,13-14,17-22,25-26H,5-10,12,15H2,1-4H3/b14-13+/t17?,18-,19-,20-,21-,22-/m1/s1. The molecule has 28 heavy (non-hydrogen) atoms. The molecular weight excluding hydrogens is 420 g/mol. The molecule has 1 unspecified atom stereocenters. The van der Waals surface area contributed by atoms with Crippen molar-refractivity contribution in [2.75, 3.05) is 7.11 Å². The molecule has 1 saturated carbocycles. The van der Waals surface area contributed by atoms with E-state index in [9.17, 15) is 15.0 Å². The first-order chi connectivity index (χ1) is 13.3. The molecule has 2 N–H and O–H groups in total. The number of methoxy groups -OCH3 is 1. The lowest BCUT2D eigenvalue weighted by molar-refractivity contribution is -0.140. The number of hydrogen-bond donors (Lipinski definition) is 2. The summed E-state index contributed by atoms with van der Waals surface area (Å²) in [6, 6.07) is 0. The Bertz CT molecular complexity index is 513. The van der Waals surface area contributed by atoms with Gasteiger partial charge in [0.1, 0.15) is 0 Å². The lowest BCUT2D eigenvalue weighted by Crippen LogP contribution is -2.20. The second-order valence-corrected chi connectivity index (χ2v) is 9.64. The van der Waals surface area contributed by atoms with Crippen molar-refractivity contribution in [2.45, 2.75) is 89.2 Å². The van der Waals surface area contributed by atoms with E-state index in [4.69, 9.17) is 0 Å². The van der Waals surface area contributed by atoms with Crippen molar-refractivity contribution in [3.05, 3.63) is 23.8 Å². The number of aliphatic hydroxyl groups excluding tert-OH is 2. The van der Waals surface area contributed by atoms with Crippen molar-refractivity contribution in [3.8, 4) is 0 Å². The van der Waals surface area contributed by atoms with Gasteiger partial charge in [0.15, 0.2) is 0 Å². The Morgan fingerprint density at radius 2 is 1.93 bits per heavy atom. The van der Waals surface area contributed by atoms with Crippen LogP contribution in [0.4, 0.5) is 0 Å². The van der Waals surface area contributed by atoms with Crippen LogP contribution >= 0.6 is 15.9 Å². The molecule has 0 bridgehead atoms. The van der Waals surface area contributed by atoms with Crippen LogP contribution < -0.4 is 0 Å². The number of ether oxygens (including phenoxy) is 1. The average Bonchev–Trinajstić information content (AvgIpc) is 2.92. The van der Waals surface area contributed by atoms with E-state index in [0.717, 1.165) is 44.9 Å². The van der Waals surface area contributed by atoms with Gasteiger partial charge >= 0.3 is 5.97 Å². The molecule has 1 aliphatic rings. The molecule has 162 valence electrons. The van der Waals surface area contributed by atoms with Crippen LogP contribution in [0.5, 0.6) is 0 Å². The summed E-state index contributed by atoms with van der Waals surface area (Å²) in [6.45, 7) is 6.19. The quantitative estimate of drug-likeness (QED) is 0.183. The van der Waals surface area contributed by atoms with E-state index in [1.165, 1.54) is 12.7 Å². The topological polar surface area (TPSA) is 66.8 Å². The third-order valence-corrected chi connectivity index (χ3v) is 6.83. The van der Waals surface area contributed by atoms with Crippen molar-refractivity contribution in [2.24, 2.45) is 17.8 Å². The van der Waals surface area contributed by atoms with Crippen LogP contribution in [0, 0.1) is 17.8 Å². The molecular formula is C23H39BrO4. The van der Waals surface area contributed by atoms with Gasteiger partial charge in [-0.2, -0.15) is 0 Å². The number of aliphatic hydroxyl groups is 2. The zero-order valence-corrected chi connectivity index (χ0v) is 19.5. The number of allylic oxidation sites excluding steroid dienone is 2. The maximum absolute atomic E-state index is 11.1. The number of carbonyl (C=O) groups excluding carboxylic acids is 1. The van der Waals surface area contributed by atoms with E-state index < -0.39 is 6.10 Å². The number of esters is 1. The first kappa shape index (κ1) is 25.4. The molecule has 0 aliphatic heterocycles. The Morgan fingerprint density at radius 1 is 1.25 bits per heavy atom. The van der Waals surface area contributed by atoms with E-state index in [-0.39, 0.29) is 23.9 Å². The maximum atomic E-state index is 11.1. The summed E-state index contributed by atoms with van der Waals surface area (Å²) in [4.78, 5) is 11.4. The van der Waals surface area contributed by atoms with Gasteiger partial charge in [0.05, 0.1) is 19.3 Å². The molecule has 0 aromatic rings. The number of halogens is 1. The third kappa shape index (κ3) is 9.23. The number of alkyl halides is 1. The summed E-state index contributed by atoms with van der Waals surface area (Å²) in [5.74, 6) is 0.497. The Kier molecular flexibility index (Phi) is 12.3. The minimum Gasteiger partial charge on any atom is -0.469 e. The van der Waals surface area contributed by atoms with Crippen molar-refractivity contribution >= 4 is 21.9 Å². The second kappa shape index (κ2) is 13.6. The molecule has 1 aliphatic carbocycles. The van der Waals surface area contributed by atoms with Gasteiger partial charge in [0, 0.05) is 17.2 Å². The number of hydrogen-bond acceptors (Lipinski definition) is 4. The second-order valence-electron chi connectivity index (χ2n) is 8.46. The first-order valence-electron chi connectivity index (χ1n) is 10.6. The lowest BCUT2D eigenvalue weighted by Gasteiger charge is -2.22. The zero-order chi connectivity index (χ0) is 21.1. The number of unbranched alkanes of at least 4 members (excludes halogenated alkanes) is 3. The molecule has 1 fully saturated rings. The highest BCUT2D eigenvalue weighted by atomic mass is 79.9. The predicted octanol–water partition coefficient (Wildman–Crippen LogP) is 5.17. The fourth-order valence-corrected chi connectivity index (χ4v) is 4.83. The van der Waals surface area contributed by atoms with E-state index in [2.05, 4.69) is 47.5 Å². The summed E-state index contributed by atoms with van der Waals surface area (Å²) in [7, 11) is 1.43. The zero-order valence-electron chi connectivity index (χ0n) is 17.9. The van der Waals surface area contributed by atoms with Crippen LogP contribution in [0.15, 0.2) is 23.8 Å². The van der Waals surface area contributed by atoms with Gasteiger partial charge < -0.3 is 14.9 Å². The van der Waals surface area contributed by atoms with Gasteiger partial charge in [-0.25, -0.2) is 0 Å².